The number of nitrogens with one attached hydrogen (secondary N) is 1. The topological polar surface area (TPSA) is 65.4 Å². The lowest BCUT2D eigenvalue weighted by atomic mass is 9.84. The van der Waals surface area contributed by atoms with Gasteiger partial charge in [-0.25, -0.2) is 9.07 Å². The largest absolute Gasteiger partial charge is 0.454 e. The number of hydrogen-bond donors (Lipinski definition) is 1. The molecular formula is C21H20FN3O3. The highest BCUT2D eigenvalue weighted by Gasteiger charge is 2.25. The summed E-state index contributed by atoms with van der Waals surface area (Å²) in [4.78, 5) is 12.5. The average molecular weight is 381 g/mol. The molecule has 0 unspecified atom stereocenters. The first-order valence-electron chi connectivity index (χ1n) is 8.93. The van der Waals surface area contributed by atoms with Gasteiger partial charge in [0.1, 0.15) is 11.5 Å². The van der Waals surface area contributed by atoms with Crippen molar-refractivity contribution in [3.05, 3.63) is 71.8 Å². The first-order valence-corrected chi connectivity index (χ1v) is 8.93. The van der Waals surface area contributed by atoms with Crippen molar-refractivity contribution in [3.63, 3.8) is 0 Å². The fourth-order valence-corrected chi connectivity index (χ4v) is 3.03. The van der Waals surface area contributed by atoms with Crippen molar-refractivity contribution in [2.75, 3.05) is 13.3 Å². The van der Waals surface area contributed by atoms with Gasteiger partial charge in [-0.2, -0.15) is 5.10 Å². The van der Waals surface area contributed by atoms with E-state index < -0.39 is 5.82 Å². The molecule has 2 heterocycles. The molecule has 0 radical (unpaired) electrons. The number of halogens is 1. The van der Waals surface area contributed by atoms with Crippen molar-refractivity contribution in [3.8, 4) is 17.2 Å². The predicted octanol–water partition coefficient (Wildman–Crippen LogP) is 3.45. The van der Waals surface area contributed by atoms with Crippen molar-refractivity contribution in [1.29, 1.82) is 0 Å². The smallest absolute Gasteiger partial charge is 0.271 e. The minimum Gasteiger partial charge on any atom is -0.454 e. The first-order chi connectivity index (χ1) is 13.4. The van der Waals surface area contributed by atoms with Crippen molar-refractivity contribution >= 4 is 5.91 Å². The number of aromatic nitrogens is 2. The molecule has 0 spiro atoms. The summed E-state index contributed by atoms with van der Waals surface area (Å²) in [6.07, 6.45) is 1.57. The van der Waals surface area contributed by atoms with Gasteiger partial charge in [-0.1, -0.05) is 32.0 Å². The second-order valence-corrected chi connectivity index (χ2v) is 7.23. The predicted molar refractivity (Wildman–Crippen MR) is 101 cm³/mol. The molecule has 28 heavy (non-hydrogen) atoms. The number of fused-ring (bicyclic) bond motifs is 1. The molecule has 0 atom stereocenters. The number of rotatable bonds is 5. The molecule has 0 saturated heterocycles. The Bertz CT molecular complexity index is 1030. The third-order valence-corrected chi connectivity index (χ3v) is 4.77. The summed E-state index contributed by atoms with van der Waals surface area (Å²) in [5, 5.41) is 7.09. The van der Waals surface area contributed by atoms with Crippen LogP contribution in [0.25, 0.3) is 5.69 Å². The molecule has 3 aromatic rings. The van der Waals surface area contributed by atoms with Crippen LogP contribution in [0.4, 0.5) is 4.39 Å². The number of nitrogens with zero attached hydrogens (tertiary/aromatic N) is 2. The fraction of sp³-hybridized carbons (Fsp3) is 0.238. The van der Waals surface area contributed by atoms with Gasteiger partial charge in [0, 0.05) is 18.2 Å². The van der Waals surface area contributed by atoms with Crippen LogP contribution in [0.2, 0.25) is 0 Å². The van der Waals surface area contributed by atoms with Crippen LogP contribution in [0, 0.1) is 5.82 Å². The van der Waals surface area contributed by atoms with E-state index >= 15 is 0 Å². The Morgan fingerprint density at radius 2 is 1.96 bits per heavy atom. The lowest BCUT2D eigenvalue weighted by molar-refractivity contribution is 0.0940. The molecule has 0 bridgehead atoms. The molecule has 1 amide bonds. The first kappa shape index (κ1) is 18.0. The van der Waals surface area contributed by atoms with Crippen LogP contribution in [-0.4, -0.2) is 29.0 Å². The molecule has 0 saturated carbocycles. The highest BCUT2D eigenvalue weighted by atomic mass is 19.1. The molecule has 1 aliphatic rings. The zero-order valence-electron chi connectivity index (χ0n) is 15.6. The van der Waals surface area contributed by atoms with E-state index in [4.69, 9.17) is 9.47 Å². The van der Waals surface area contributed by atoms with Crippen LogP contribution < -0.4 is 14.8 Å². The van der Waals surface area contributed by atoms with E-state index in [1.165, 1.54) is 10.7 Å². The average Bonchev–Trinajstić information content (AvgIpc) is 3.35. The Morgan fingerprint density at radius 1 is 1.18 bits per heavy atom. The van der Waals surface area contributed by atoms with E-state index in [-0.39, 0.29) is 23.8 Å². The number of carbonyl (C=O) groups is 1. The van der Waals surface area contributed by atoms with E-state index in [0.717, 1.165) is 11.3 Å². The molecule has 0 aliphatic carbocycles. The van der Waals surface area contributed by atoms with Crippen LogP contribution in [-0.2, 0) is 5.41 Å². The van der Waals surface area contributed by atoms with Gasteiger partial charge in [-0.3, -0.25) is 4.79 Å². The molecule has 1 N–H and O–H groups in total. The maximum Gasteiger partial charge on any atom is 0.271 e. The van der Waals surface area contributed by atoms with Gasteiger partial charge in [0.2, 0.25) is 6.79 Å². The number of carbonyl (C=O) groups excluding carboxylic acids is 1. The monoisotopic (exact) mass is 381 g/mol. The lowest BCUT2D eigenvalue weighted by Crippen LogP contribution is -2.36. The molecule has 4 rings (SSSR count). The van der Waals surface area contributed by atoms with Gasteiger partial charge < -0.3 is 14.8 Å². The minimum atomic E-state index is -0.401. The van der Waals surface area contributed by atoms with E-state index in [9.17, 15) is 9.18 Å². The number of benzene rings is 2. The van der Waals surface area contributed by atoms with Gasteiger partial charge in [0.05, 0.1) is 0 Å². The van der Waals surface area contributed by atoms with Crippen molar-refractivity contribution in [2.24, 2.45) is 0 Å². The van der Waals surface area contributed by atoms with Gasteiger partial charge in [0.15, 0.2) is 17.2 Å². The fourth-order valence-electron chi connectivity index (χ4n) is 3.03. The second-order valence-electron chi connectivity index (χ2n) is 7.23. The van der Waals surface area contributed by atoms with Gasteiger partial charge in [-0.15, -0.1) is 0 Å². The van der Waals surface area contributed by atoms with Crippen LogP contribution >= 0.6 is 0 Å². The summed E-state index contributed by atoms with van der Waals surface area (Å²) in [6, 6.07) is 13.6. The van der Waals surface area contributed by atoms with E-state index in [0.29, 0.717) is 18.0 Å². The van der Waals surface area contributed by atoms with E-state index in [1.807, 2.05) is 32.0 Å². The Labute approximate surface area is 161 Å². The van der Waals surface area contributed by atoms with Gasteiger partial charge in [0.25, 0.3) is 5.91 Å². The number of para-hydroxylation sites is 1. The molecule has 1 aliphatic heterocycles. The van der Waals surface area contributed by atoms with Crippen LogP contribution in [0.15, 0.2) is 54.7 Å². The lowest BCUT2D eigenvalue weighted by Gasteiger charge is -2.25. The zero-order chi connectivity index (χ0) is 19.7. The summed E-state index contributed by atoms with van der Waals surface area (Å²) >= 11 is 0. The Morgan fingerprint density at radius 3 is 2.79 bits per heavy atom. The third-order valence-electron chi connectivity index (χ3n) is 4.77. The Kier molecular flexibility index (Phi) is 4.50. The molecule has 7 heteroatoms. The molecule has 1 aromatic heterocycles. The molecule has 6 nitrogen and oxygen atoms in total. The maximum atomic E-state index is 13.9. The quantitative estimate of drug-likeness (QED) is 0.735. The summed E-state index contributed by atoms with van der Waals surface area (Å²) in [6.45, 7) is 4.68. The number of amides is 1. The highest BCUT2D eigenvalue weighted by molar-refractivity contribution is 5.92. The standard InChI is InChI=1S/C21H20FN3O3/c1-21(2,14-7-8-18-19(11-14)28-13-27-18)12-23-20(26)16-9-10-25(24-16)17-6-4-3-5-15(17)22/h3-11H,12-13H2,1-2H3,(H,23,26). The normalized spacial score (nSPS) is 12.8. The third kappa shape index (κ3) is 3.43. The summed E-state index contributed by atoms with van der Waals surface area (Å²) in [7, 11) is 0. The molecule has 0 fully saturated rings. The SMILES string of the molecule is CC(C)(CNC(=O)c1ccn(-c2ccccc2F)n1)c1ccc2c(c1)OCO2. The van der Waals surface area contributed by atoms with Crippen molar-refractivity contribution in [2.45, 2.75) is 19.3 Å². The second kappa shape index (κ2) is 6.99. The van der Waals surface area contributed by atoms with Crippen LogP contribution in [0.3, 0.4) is 0 Å². The summed E-state index contributed by atoms with van der Waals surface area (Å²) < 4.78 is 26.0. The zero-order valence-corrected chi connectivity index (χ0v) is 15.6. The van der Waals surface area contributed by atoms with E-state index in [1.54, 1.807) is 30.5 Å². The minimum absolute atomic E-state index is 0.223. The molecule has 2 aromatic carbocycles. The number of hydrogen-bond acceptors (Lipinski definition) is 4. The van der Waals surface area contributed by atoms with Crippen LogP contribution in [0.5, 0.6) is 11.5 Å². The Balaban J connectivity index is 1.45. The Hall–Kier alpha value is -3.35. The van der Waals surface area contributed by atoms with Gasteiger partial charge >= 0.3 is 0 Å². The maximum absolute atomic E-state index is 13.9. The number of ether oxygens (including phenoxy) is 2. The van der Waals surface area contributed by atoms with E-state index in [2.05, 4.69) is 10.4 Å². The van der Waals surface area contributed by atoms with Crippen molar-refractivity contribution < 1.29 is 18.7 Å². The highest BCUT2D eigenvalue weighted by Crippen LogP contribution is 2.36. The van der Waals surface area contributed by atoms with Crippen molar-refractivity contribution in [1.82, 2.24) is 15.1 Å². The summed E-state index contributed by atoms with van der Waals surface area (Å²) in [5.74, 6) is 0.716. The summed E-state index contributed by atoms with van der Waals surface area (Å²) in [5.41, 5.74) is 1.21. The van der Waals surface area contributed by atoms with Gasteiger partial charge in [-0.05, 0) is 35.9 Å². The van der Waals surface area contributed by atoms with Crippen LogP contribution in [0.1, 0.15) is 29.9 Å². The molecule has 144 valence electrons. The molecular weight excluding hydrogens is 361 g/mol.